The highest BCUT2D eigenvalue weighted by atomic mass is 32.2. The first-order valence-corrected chi connectivity index (χ1v) is 8.70. The molecule has 1 aromatic heterocycles. The Kier molecular flexibility index (Phi) is 5.52. The lowest BCUT2D eigenvalue weighted by Crippen LogP contribution is -2.45. The van der Waals surface area contributed by atoms with E-state index in [0.717, 1.165) is 6.07 Å². The fourth-order valence-corrected chi connectivity index (χ4v) is 3.42. The van der Waals surface area contributed by atoms with Crippen LogP contribution in [0.1, 0.15) is 18.5 Å². The Labute approximate surface area is 140 Å². The van der Waals surface area contributed by atoms with E-state index in [-0.39, 0.29) is 44.2 Å². The van der Waals surface area contributed by atoms with E-state index in [1.165, 1.54) is 12.1 Å². The molecule has 0 unspecified atom stereocenters. The fraction of sp³-hybridized carbons (Fsp3) is 0.615. The molecule has 142 valence electrons. The average molecular weight is 391 g/mol. The van der Waals surface area contributed by atoms with Crippen molar-refractivity contribution < 1.29 is 34.8 Å². The maximum absolute atomic E-state index is 12.6. The Morgan fingerprint density at radius 2 is 1.72 bits per heavy atom. The Morgan fingerprint density at radius 3 is 2.24 bits per heavy atom. The zero-order chi connectivity index (χ0) is 18.9. The number of piperidine rings is 1. The van der Waals surface area contributed by atoms with Crippen LogP contribution in [0.3, 0.4) is 0 Å². The van der Waals surface area contributed by atoms with Crippen molar-refractivity contribution in [2.75, 3.05) is 25.0 Å². The first kappa shape index (κ1) is 19.8. The summed E-state index contributed by atoms with van der Waals surface area (Å²) < 4.78 is 98.1. The standard InChI is InChI=1S/C13H15F6N3O2S/c14-12(15,16)10-2-1-3-11(21-10)20-8-9-4-6-22(7-5-9)25(23,24)13(17,18)19/h1-3,9H,4-8H2,(H,20,21). The van der Waals surface area contributed by atoms with Crippen molar-refractivity contribution in [2.24, 2.45) is 5.92 Å². The minimum atomic E-state index is -5.34. The normalized spacial score (nSPS) is 18.3. The quantitative estimate of drug-likeness (QED) is 0.802. The van der Waals surface area contributed by atoms with Gasteiger partial charge in [0.2, 0.25) is 0 Å². The predicted octanol–water partition coefficient (Wildman–Crippen LogP) is 3.07. The van der Waals surface area contributed by atoms with Gasteiger partial charge in [-0.2, -0.15) is 30.6 Å². The first-order chi connectivity index (χ1) is 11.4. The van der Waals surface area contributed by atoms with Gasteiger partial charge in [-0.3, -0.25) is 0 Å². The molecule has 0 atom stereocenters. The second kappa shape index (κ2) is 6.98. The van der Waals surface area contributed by atoms with E-state index in [1.54, 1.807) is 0 Å². The summed E-state index contributed by atoms with van der Waals surface area (Å²) in [6.07, 6.45) is -4.24. The van der Waals surface area contributed by atoms with Crippen molar-refractivity contribution in [3.8, 4) is 0 Å². The summed E-state index contributed by atoms with van der Waals surface area (Å²) in [5, 5.41) is 2.71. The molecular weight excluding hydrogens is 376 g/mol. The Morgan fingerprint density at radius 1 is 1.12 bits per heavy atom. The minimum Gasteiger partial charge on any atom is -0.370 e. The third kappa shape index (κ3) is 4.75. The lowest BCUT2D eigenvalue weighted by Gasteiger charge is -2.31. The summed E-state index contributed by atoms with van der Waals surface area (Å²) in [5.74, 6) is -0.170. The van der Waals surface area contributed by atoms with Crippen molar-refractivity contribution in [3.63, 3.8) is 0 Å². The maximum atomic E-state index is 12.6. The Bertz CT molecular complexity index is 696. The summed E-state index contributed by atoms with van der Waals surface area (Å²) in [6, 6.07) is 3.36. The SMILES string of the molecule is O=S(=O)(N1CCC(CNc2cccc(C(F)(F)F)n2)CC1)C(F)(F)F. The number of sulfonamides is 1. The number of aromatic nitrogens is 1. The van der Waals surface area contributed by atoms with Crippen LogP contribution in [0.4, 0.5) is 32.2 Å². The van der Waals surface area contributed by atoms with E-state index in [0.29, 0.717) is 4.31 Å². The molecule has 1 saturated heterocycles. The van der Waals surface area contributed by atoms with Crippen LogP contribution < -0.4 is 5.32 Å². The van der Waals surface area contributed by atoms with Crippen LogP contribution in [0.2, 0.25) is 0 Å². The molecule has 1 N–H and O–H groups in total. The van der Waals surface area contributed by atoms with Gasteiger partial charge in [-0.1, -0.05) is 6.07 Å². The lowest BCUT2D eigenvalue weighted by atomic mass is 9.98. The van der Waals surface area contributed by atoms with Gasteiger partial charge in [0, 0.05) is 19.6 Å². The third-order valence-electron chi connectivity index (χ3n) is 3.82. The van der Waals surface area contributed by atoms with E-state index in [9.17, 15) is 34.8 Å². The highest BCUT2D eigenvalue weighted by Crippen LogP contribution is 2.31. The average Bonchev–Trinajstić information content (AvgIpc) is 2.52. The Balaban J connectivity index is 1.89. The topological polar surface area (TPSA) is 62.3 Å². The summed E-state index contributed by atoms with van der Waals surface area (Å²) in [5.41, 5.74) is -6.39. The Hall–Kier alpha value is -1.56. The number of halogens is 6. The van der Waals surface area contributed by atoms with Gasteiger partial charge < -0.3 is 5.32 Å². The van der Waals surface area contributed by atoms with Crippen LogP contribution in [-0.4, -0.2) is 42.8 Å². The number of rotatable bonds is 4. The smallest absolute Gasteiger partial charge is 0.370 e. The summed E-state index contributed by atoms with van der Waals surface area (Å²) in [4.78, 5) is 3.42. The highest BCUT2D eigenvalue weighted by Gasteiger charge is 2.50. The molecule has 1 aliphatic heterocycles. The van der Waals surface area contributed by atoms with Crippen LogP contribution in [0.15, 0.2) is 18.2 Å². The van der Waals surface area contributed by atoms with E-state index in [2.05, 4.69) is 10.3 Å². The van der Waals surface area contributed by atoms with Gasteiger partial charge in [0.25, 0.3) is 0 Å². The molecule has 5 nitrogen and oxygen atoms in total. The number of anilines is 1. The second-order valence-electron chi connectivity index (χ2n) is 5.58. The van der Waals surface area contributed by atoms with Gasteiger partial charge in [0.15, 0.2) is 0 Å². The lowest BCUT2D eigenvalue weighted by molar-refractivity contribution is -0.141. The molecule has 0 spiro atoms. The number of nitrogens with one attached hydrogen (secondary N) is 1. The molecule has 0 aliphatic carbocycles. The fourth-order valence-electron chi connectivity index (χ4n) is 2.44. The molecule has 0 bridgehead atoms. The molecule has 0 amide bonds. The van der Waals surface area contributed by atoms with E-state index >= 15 is 0 Å². The molecular formula is C13H15F6N3O2S. The summed E-state index contributed by atoms with van der Waals surface area (Å²) >= 11 is 0. The van der Waals surface area contributed by atoms with E-state index < -0.39 is 27.4 Å². The zero-order valence-corrected chi connectivity index (χ0v) is 13.5. The molecule has 0 saturated carbocycles. The van der Waals surface area contributed by atoms with Gasteiger partial charge in [0.05, 0.1) is 0 Å². The van der Waals surface area contributed by atoms with Crippen molar-refractivity contribution in [1.29, 1.82) is 0 Å². The largest absolute Gasteiger partial charge is 0.511 e. The van der Waals surface area contributed by atoms with Crippen molar-refractivity contribution in [3.05, 3.63) is 23.9 Å². The van der Waals surface area contributed by atoms with Crippen LogP contribution in [0.25, 0.3) is 0 Å². The monoisotopic (exact) mass is 391 g/mol. The van der Waals surface area contributed by atoms with Crippen LogP contribution in [0.5, 0.6) is 0 Å². The molecule has 12 heteroatoms. The van der Waals surface area contributed by atoms with Gasteiger partial charge in [-0.15, -0.1) is 0 Å². The highest BCUT2D eigenvalue weighted by molar-refractivity contribution is 7.90. The molecule has 1 aromatic rings. The van der Waals surface area contributed by atoms with Crippen LogP contribution >= 0.6 is 0 Å². The van der Waals surface area contributed by atoms with Crippen LogP contribution in [-0.2, 0) is 16.2 Å². The molecule has 2 rings (SSSR count). The summed E-state index contributed by atoms with van der Waals surface area (Å²) in [7, 11) is -5.34. The zero-order valence-electron chi connectivity index (χ0n) is 12.7. The van der Waals surface area contributed by atoms with Crippen molar-refractivity contribution in [1.82, 2.24) is 9.29 Å². The molecule has 25 heavy (non-hydrogen) atoms. The van der Waals surface area contributed by atoms with Crippen molar-refractivity contribution >= 4 is 15.8 Å². The van der Waals surface area contributed by atoms with Crippen molar-refractivity contribution in [2.45, 2.75) is 24.5 Å². The molecule has 1 fully saturated rings. The summed E-state index contributed by atoms with van der Waals surface area (Å²) in [6.45, 7) is -0.386. The molecule has 1 aliphatic rings. The molecule has 0 radical (unpaired) electrons. The molecule has 2 heterocycles. The molecule has 0 aromatic carbocycles. The number of hydrogen-bond donors (Lipinski definition) is 1. The predicted molar refractivity (Wildman–Crippen MR) is 77.0 cm³/mol. The number of nitrogens with zero attached hydrogens (tertiary/aromatic N) is 2. The van der Waals surface area contributed by atoms with E-state index in [1.807, 2.05) is 0 Å². The van der Waals surface area contributed by atoms with Gasteiger partial charge >= 0.3 is 21.7 Å². The maximum Gasteiger partial charge on any atom is 0.511 e. The first-order valence-electron chi connectivity index (χ1n) is 7.26. The van der Waals surface area contributed by atoms with Gasteiger partial charge in [0.1, 0.15) is 11.5 Å². The van der Waals surface area contributed by atoms with Gasteiger partial charge in [-0.25, -0.2) is 13.4 Å². The number of hydrogen-bond acceptors (Lipinski definition) is 4. The number of pyridine rings is 1. The number of alkyl halides is 6. The van der Waals surface area contributed by atoms with Gasteiger partial charge in [-0.05, 0) is 30.9 Å². The van der Waals surface area contributed by atoms with E-state index in [4.69, 9.17) is 0 Å². The third-order valence-corrected chi connectivity index (χ3v) is 5.45. The minimum absolute atomic E-state index is 0.000155. The van der Waals surface area contributed by atoms with Crippen LogP contribution in [0, 0.1) is 5.92 Å². The second-order valence-corrected chi connectivity index (χ2v) is 7.51.